The Morgan fingerprint density at radius 2 is 2.10 bits per heavy atom. The number of carboxylic acid groups (broad SMARTS) is 1. The van der Waals surface area contributed by atoms with Gasteiger partial charge >= 0.3 is 5.97 Å². The number of hydrogen-bond donors (Lipinski definition) is 2. The maximum absolute atomic E-state index is 11.7. The lowest BCUT2D eigenvalue weighted by molar-refractivity contribution is -0.131. The topological polar surface area (TPSA) is 69.6 Å². The summed E-state index contributed by atoms with van der Waals surface area (Å²) in [5.41, 5.74) is 1.63. The van der Waals surface area contributed by atoms with Crippen molar-refractivity contribution in [2.75, 3.05) is 18.5 Å². The molecule has 0 spiro atoms. The molecular weight excluding hydrogens is 336 g/mol. The second kappa shape index (κ2) is 7.83. The first kappa shape index (κ1) is 17.2. The minimum absolute atomic E-state index is 0.0470. The van der Waals surface area contributed by atoms with Crippen LogP contribution < -0.4 is 10.2 Å². The number of carboxylic acids is 1. The molecule has 5 nitrogen and oxygen atoms in total. The average Bonchev–Trinajstić information content (AvgIpc) is 2.34. The number of halogens is 1. The van der Waals surface area contributed by atoms with E-state index in [0.29, 0.717) is 0 Å². The van der Waals surface area contributed by atoms with E-state index >= 15 is 0 Å². The SMILES string of the molecule is CC(C)NC(=O)CN(C)c1ccc(/C=C/C(=O)O)cc1Br. The summed E-state index contributed by atoms with van der Waals surface area (Å²) in [6, 6.07) is 5.56. The molecule has 6 heteroatoms. The van der Waals surface area contributed by atoms with Gasteiger partial charge in [-0.05, 0) is 53.5 Å². The van der Waals surface area contributed by atoms with Crippen LogP contribution in [0.4, 0.5) is 5.69 Å². The summed E-state index contributed by atoms with van der Waals surface area (Å²) in [6.45, 7) is 4.08. The van der Waals surface area contributed by atoms with E-state index in [-0.39, 0.29) is 18.5 Å². The Morgan fingerprint density at radius 3 is 2.62 bits per heavy atom. The predicted molar refractivity (Wildman–Crippen MR) is 87.4 cm³/mol. The molecule has 1 amide bonds. The van der Waals surface area contributed by atoms with E-state index in [0.717, 1.165) is 21.8 Å². The molecule has 0 aliphatic carbocycles. The van der Waals surface area contributed by atoms with Gasteiger partial charge in [-0.2, -0.15) is 0 Å². The van der Waals surface area contributed by atoms with E-state index in [9.17, 15) is 9.59 Å². The van der Waals surface area contributed by atoms with Gasteiger partial charge in [-0.1, -0.05) is 6.07 Å². The Bertz CT molecular complexity index is 556. The number of anilines is 1. The van der Waals surface area contributed by atoms with Crippen LogP contribution >= 0.6 is 15.9 Å². The van der Waals surface area contributed by atoms with Gasteiger partial charge in [0.15, 0.2) is 0 Å². The van der Waals surface area contributed by atoms with Crippen molar-refractivity contribution in [3.05, 3.63) is 34.3 Å². The normalized spacial score (nSPS) is 10.9. The zero-order valence-corrected chi connectivity index (χ0v) is 13.8. The van der Waals surface area contributed by atoms with Gasteiger partial charge in [0.2, 0.25) is 5.91 Å². The highest BCUT2D eigenvalue weighted by Gasteiger charge is 2.11. The molecule has 0 aliphatic heterocycles. The van der Waals surface area contributed by atoms with Crippen LogP contribution in [0.25, 0.3) is 6.08 Å². The zero-order chi connectivity index (χ0) is 16.0. The second-order valence-corrected chi connectivity index (χ2v) is 5.82. The van der Waals surface area contributed by atoms with Gasteiger partial charge in [0.1, 0.15) is 0 Å². The van der Waals surface area contributed by atoms with E-state index in [1.807, 2.05) is 37.9 Å². The van der Waals surface area contributed by atoms with Crippen molar-refractivity contribution in [1.82, 2.24) is 5.32 Å². The van der Waals surface area contributed by atoms with Gasteiger partial charge in [-0.25, -0.2) is 4.79 Å². The van der Waals surface area contributed by atoms with Crippen molar-refractivity contribution in [1.29, 1.82) is 0 Å². The maximum Gasteiger partial charge on any atom is 0.328 e. The Balaban J connectivity index is 2.79. The first-order chi connectivity index (χ1) is 9.79. The monoisotopic (exact) mass is 354 g/mol. The molecule has 0 aliphatic rings. The predicted octanol–water partition coefficient (Wildman–Crippen LogP) is 2.51. The number of rotatable bonds is 6. The van der Waals surface area contributed by atoms with E-state index < -0.39 is 5.97 Å². The van der Waals surface area contributed by atoms with E-state index in [4.69, 9.17) is 5.11 Å². The molecule has 0 aromatic heterocycles. The first-order valence-electron chi connectivity index (χ1n) is 6.50. The van der Waals surface area contributed by atoms with Crippen molar-refractivity contribution in [2.24, 2.45) is 0 Å². The molecule has 0 atom stereocenters. The Kier molecular flexibility index (Phi) is 6.42. The lowest BCUT2D eigenvalue weighted by Gasteiger charge is -2.21. The van der Waals surface area contributed by atoms with E-state index in [1.165, 1.54) is 6.08 Å². The summed E-state index contributed by atoms with van der Waals surface area (Å²) < 4.78 is 0.801. The molecule has 0 radical (unpaired) electrons. The van der Waals surface area contributed by atoms with Crippen LogP contribution in [0.5, 0.6) is 0 Å². The molecule has 2 N–H and O–H groups in total. The average molecular weight is 355 g/mol. The Labute approximate surface area is 132 Å². The molecule has 0 heterocycles. The van der Waals surface area contributed by atoms with Crippen molar-refractivity contribution < 1.29 is 14.7 Å². The minimum Gasteiger partial charge on any atom is -0.478 e. The highest BCUT2D eigenvalue weighted by Crippen LogP contribution is 2.27. The number of nitrogens with one attached hydrogen (secondary N) is 1. The Hall–Kier alpha value is -1.82. The third-order valence-corrected chi connectivity index (χ3v) is 3.27. The summed E-state index contributed by atoms with van der Waals surface area (Å²) in [5, 5.41) is 11.4. The zero-order valence-electron chi connectivity index (χ0n) is 12.3. The van der Waals surface area contributed by atoms with Crippen LogP contribution in [-0.4, -0.2) is 36.6 Å². The van der Waals surface area contributed by atoms with Crippen LogP contribution in [0.2, 0.25) is 0 Å². The van der Waals surface area contributed by atoms with Crippen LogP contribution in [0, 0.1) is 0 Å². The molecule has 1 aromatic rings. The Morgan fingerprint density at radius 1 is 1.43 bits per heavy atom. The van der Waals surface area contributed by atoms with Crippen molar-refractivity contribution >= 4 is 39.6 Å². The number of aliphatic carboxylic acids is 1. The number of nitrogens with zero attached hydrogens (tertiary/aromatic N) is 1. The van der Waals surface area contributed by atoms with Crippen molar-refractivity contribution in [3.63, 3.8) is 0 Å². The number of amides is 1. The standard InChI is InChI=1S/C15H19BrN2O3/c1-10(2)17-14(19)9-18(3)13-6-4-11(8-12(13)16)5-7-15(20)21/h4-8,10H,9H2,1-3H3,(H,17,19)(H,20,21)/b7-5+. The van der Waals surface area contributed by atoms with Gasteiger partial charge in [0, 0.05) is 23.6 Å². The summed E-state index contributed by atoms with van der Waals surface area (Å²) >= 11 is 3.44. The molecule has 0 unspecified atom stereocenters. The fourth-order valence-electron chi connectivity index (χ4n) is 1.77. The van der Waals surface area contributed by atoms with Crippen LogP contribution in [0.1, 0.15) is 19.4 Å². The third kappa shape index (κ3) is 5.99. The lowest BCUT2D eigenvalue weighted by atomic mass is 10.2. The van der Waals surface area contributed by atoms with Gasteiger partial charge in [0.05, 0.1) is 12.2 Å². The van der Waals surface area contributed by atoms with Gasteiger partial charge < -0.3 is 15.3 Å². The molecule has 1 aromatic carbocycles. The molecule has 0 saturated carbocycles. The van der Waals surface area contributed by atoms with Gasteiger partial charge in [0.25, 0.3) is 0 Å². The highest BCUT2D eigenvalue weighted by atomic mass is 79.9. The number of carbonyl (C=O) groups excluding carboxylic acids is 1. The van der Waals surface area contributed by atoms with E-state index in [2.05, 4.69) is 21.2 Å². The number of hydrogen-bond acceptors (Lipinski definition) is 3. The summed E-state index contributed by atoms with van der Waals surface area (Å²) in [4.78, 5) is 24.1. The first-order valence-corrected chi connectivity index (χ1v) is 7.30. The molecular formula is C15H19BrN2O3. The number of carbonyl (C=O) groups is 2. The van der Waals surface area contributed by atoms with Gasteiger partial charge in [-0.3, -0.25) is 4.79 Å². The second-order valence-electron chi connectivity index (χ2n) is 4.96. The molecule has 21 heavy (non-hydrogen) atoms. The molecule has 114 valence electrons. The van der Waals surface area contributed by atoms with Crippen LogP contribution in [-0.2, 0) is 9.59 Å². The van der Waals surface area contributed by atoms with Crippen molar-refractivity contribution in [2.45, 2.75) is 19.9 Å². The van der Waals surface area contributed by atoms with Crippen molar-refractivity contribution in [3.8, 4) is 0 Å². The number of benzene rings is 1. The third-order valence-electron chi connectivity index (χ3n) is 2.63. The summed E-state index contributed by atoms with van der Waals surface area (Å²) in [6.07, 6.45) is 2.60. The molecule has 0 saturated heterocycles. The fraction of sp³-hybridized carbons (Fsp3) is 0.333. The highest BCUT2D eigenvalue weighted by molar-refractivity contribution is 9.10. The number of likely N-dealkylation sites (N-methyl/N-ethyl adjacent to an activating group) is 1. The van der Waals surface area contributed by atoms with E-state index in [1.54, 1.807) is 6.07 Å². The van der Waals surface area contributed by atoms with Gasteiger partial charge in [-0.15, -0.1) is 0 Å². The molecule has 0 fully saturated rings. The molecule has 0 bridgehead atoms. The maximum atomic E-state index is 11.7. The summed E-state index contributed by atoms with van der Waals surface area (Å²) in [7, 11) is 1.83. The summed E-state index contributed by atoms with van der Waals surface area (Å²) in [5.74, 6) is -1.04. The largest absolute Gasteiger partial charge is 0.478 e. The quantitative estimate of drug-likeness (QED) is 0.770. The van der Waals surface area contributed by atoms with Crippen LogP contribution in [0.3, 0.4) is 0 Å². The fourth-order valence-corrected chi connectivity index (χ4v) is 2.47. The minimum atomic E-state index is -0.988. The van der Waals surface area contributed by atoms with Crippen LogP contribution in [0.15, 0.2) is 28.7 Å². The smallest absolute Gasteiger partial charge is 0.328 e. The molecule has 1 rings (SSSR count). The lowest BCUT2D eigenvalue weighted by Crippen LogP contribution is -2.38.